The summed E-state index contributed by atoms with van der Waals surface area (Å²) in [5, 5.41) is 9.96. The van der Waals surface area contributed by atoms with Crippen LogP contribution in [-0.4, -0.2) is 21.6 Å². The van der Waals surface area contributed by atoms with Gasteiger partial charge in [-0.15, -0.1) is 0 Å². The fourth-order valence-electron chi connectivity index (χ4n) is 2.44. The Morgan fingerprint density at radius 2 is 1.78 bits per heavy atom. The number of hydrogen-bond acceptors (Lipinski definition) is 3. The van der Waals surface area contributed by atoms with Gasteiger partial charge in [0, 0.05) is 14.8 Å². The monoisotopic (exact) mass is 453 g/mol. The quantitative estimate of drug-likeness (QED) is 0.459. The number of thioether (sulfide) groups is 1. The highest BCUT2D eigenvalue weighted by atomic mass is 79.9. The molecule has 1 heterocycles. The molecule has 1 N–H and O–H groups in total. The Morgan fingerprint density at radius 1 is 1.07 bits per heavy atom. The molecule has 0 fully saturated rings. The van der Waals surface area contributed by atoms with Gasteiger partial charge >= 0.3 is 11.5 Å². The van der Waals surface area contributed by atoms with E-state index in [0.29, 0.717) is 22.2 Å². The molecule has 0 amide bonds. The van der Waals surface area contributed by atoms with Gasteiger partial charge in [0.15, 0.2) is 0 Å². The SMILES string of the molecule is O=C(O)c1cc(C=Cc2ccc(SC(F)(F)F)cc2)nc2ccc(Br)cc12. The molecule has 0 aliphatic carbocycles. The number of fused-ring (bicyclic) bond motifs is 1. The minimum Gasteiger partial charge on any atom is -0.478 e. The standard InChI is InChI=1S/C19H11BrF3NO2S/c20-12-4-8-17-15(9-12)16(18(25)26)10-13(24-17)5-1-11-2-6-14(7-3-11)27-19(21,22)23/h1-10H,(H,25,26). The van der Waals surface area contributed by atoms with Gasteiger partial charge in [0.1, 0.15) is 0 Å². The number of benzene rings is 2. The number of alkyl halides is 3. The van der Waals surface area contributed by atoms with E-state index in [1.165, 1.54) is 18.2 Å². The van der Waals surface area contributed by atoms with E-state index in [1.807, 2.05) is 0 Å². The Hall–Kier alpha value is -2.32. The lowest BCUT2D eigenvalue weighted by molar-refractivity contribution is -0.0328. The second-order valence-electron chi connectivity index (χ2n) is 5.51. The lowest BCUT2D eigenvalue weighted by Crippen LogP contribution is -2.00. The third kappa shape index (κ3) is 5.11. The Kier molecular flexibility index (Phi) is 5.57. The van der Waals surface area contributed by atoms with Crippen molar-refractivity contribution in [3.05, 3.63) is 69.8 Å². The van der Waals surface area contributed by atoms with E-state index in [4.69, 9.17) is 0 Å². The van der Waals surface area contributed by atoms with Crippen molar-refractivity contribution >= 4 is 56.7 Å². The maximum Gasteiger partial charge on any atom is 0.446 e. The van der Waals surface area contributed by atoms with E-state index in [2.05, 4.69) is 20.9 Å². The van der Waals surface area contributed by atoms with Crippen molar-refractivity contribution in [3.63, 3.8) is 0 Å². The first-order valence-electron chi connectivity index (χ1n) is 7.59. The highest BCUT2D eigenvalue weighted by Gasteiger charge is 2.28. The minimum atomic E-state index is -4.32. The van der Waals surface area contributed by atoms with Gasteiger partial charge in [-0.2, -0.15) is 13.2 Å². The summed E-state index contributed by atoms with van der Waals surface area (Å²) in [7, 11) is 0. The number of halogens is 4. The first kappa shape index (κ1) is 19.4. The van der Waals surface area contributed by atoms with Gasteiger partial charge in [0.05, 0.1) is 16.8 Å². The molecule has 3 aromatic rings. The Balaban J connectivity index is 1.90. The van der Waals surface area contributed by atoms with Gasteiger partial charge in [-0.05, 0) is 59.8 Å². The molecule has 1 aromatic heterocycles. The second kappa shape index (κ2) is 7.74. The van der Waals surface area contributed by atoms with Crippen LogP contribution in [0.1, 0.15) is 21.6 Å². The number of aromatic nitrogens is 1. The average molecular weight is 454 g/mol. The molecule has 0 radical (unpaired) electrons. The van der Waals surface area contributed by atoms with Gasteiger partial charge in [0.25, 0.3) is 0 Å². The van der Waals surface area contributed by atoms with Crippen LogP contribution in [0.4, 0.5) is 13.2 Å². The number of hydrogen-bond donors (Lipinski definition) is 1. The third-order valence-electron chi connectivity index (χ3n) is 3.58. The smallest absolute Gasteiger partial charge is 0.446 e. The zero-order chi connectivity index (χ0) is 19.6. The highest BCUT2D eigenvalue weighted by molar-refractivity contribution is 9.10. The molecule has 2 aromatic carbocycles. The Labute approximate surface area is 165 Å². The van der Waals surface area contributed by atoms with Crippen LogP contribution in [0.25, 0.3) is 23.1 Å². The zero-order valence-electron chi connectivity index (χ0n) is 13.5. The van der Waals surface area contributed by atoms with E-state index in [9.17, 15) is 23.1 Å². The van der Waals surface area contributed by atoms with Crippen LogP contribution in [0.15, 0.2) is 57.9 Å². The molecule has 0 aliphatic rings. The Bertz CT molecular complexity index is 1030. The van der Waals surface area contributed by atoms with E-state index in [-0.39, 0.29) is 22.2 Å². The van der Waals surface area contributed by atoms with E-state index in [0.717, 1.165) is 4.47 Å². The van der Waals surface area contributed by atoms with Crippen molar-refractivity contribution in [2.75, 3.05) is 0 Å². The van der Waals surface area contributed by atoms with Gasteiger partial charge in [-0.25, -0.2) is 9.78 Å². The summed E-state index contributed by atoms with van der Waals surface area (Å²) >= 11 is 3.14. The molecule has 0 unspecified atom stereocenters. The summed E-state index contributed by atoms with van der Waals surface area (Å²) in [6.45, 7) is 0. The topological polar surface area (TPSA) is 50.2 Å². The Morgan fingerprint density at radius 3 is 2.41 bits per heavy atom. The van der Waals surface area contributed by atoms with Crippen molar-refractivity contribution in [1.82, 2.24) is 4.98 Å². The first-order chi connectivity index (χ1) is 12.7. The fourth-order valence-corrected chi connectivity index (χ4v) is 3.34. The molecule has 27 heavy (non-hydrogen) atoms. The lowest BCUT2D eigenvalue weighted by atomic mass is 10.1. The third-order valence-corrected chi connectivity index (χ3v) is 4.81. The normalized spacial score (nSPS) is 12.0. The maximum atomic E-state index is 12.4. The molecule has 0 atom stereocenters. The van der Waals surface area contributed by atoms with Gasteiger partial charge in [-0.1, -0.05) is 34.1 Å². The summed E-state index contributed by atoms with van der Waals surface area (Å²) in [6, 6.07) is 12.5. The van der Waals surface area contributed by atoms with Crippen LogP contribution in [0, 0.1) is 0 Å². The second-order valence-corrected chi connectivity index (χ2v) is 7.57. The molecular formula is C19H11BrF3NO2S. The van der Waals surface area contributed by atoms with Crippen LogP contribution in [0.3, 0.4) is 0 Å². The number of rotatable bonds is 4. The number of carboxylic acid groups (broad SMARTS) is 1. The van der Waals surface area contributed by atoms with Crippen molar-refractivity contribution in [2.24, 2.45) is 0 Å². The van der Waals surface area contributed by atoms with Crippen molar-refractivity contribution in [2.45, 2.75) is 10.4 Å². The van der Waals surface area contributed by atoms with Crippen LogP contribution in [-0.2, 0) is 0 Å². The molecular weight excluding hydrogens is 443 g/mol. The number of aromatic carboxylic acids is 1. The molecule has 3 nitrogen and oxygen atoms in total. The molecule has 0 spiro atoms. The molecule has 8 heteroatoms. The largest absolute Gasteiger partial charge is 0.478 e. The lowest BCUT2D eigenvalue weighted by Gasteiger charge is -2.06. The average Bonchev–Trinajstić information content (AvgIpc) is 2.59. The maximum absolute atomic E-state index is 12.4. The van der Waals surface area contributed by atoms with Gasteiger partial charge in [0.2, 0.25) is 0 Å². The van der Waals surface area contributed by atoms with Gasteiger partial charge < -0.3 is 5.11 Å². The highest BCUT2D eigenvalue weighted by Crippen LogP contribution is 2.36. The van der Waals surface area contributed by atoms with Crippen molar-refractivity contribution in [1.29, 1.82) is 0 Å². The number of carbonyl (C=O) groups is 1. The predicted molar refractivity (Wildman–Crippen MR) is 104 cm³/mol. The summed E-state index contributed by atoms with van der Waals surface area (Å²) < 4.78 is 37.8. The summed E-state index contributed by atoms with van der Waals surface area (Å²) in [5.74, 6) is -1.07. The van der Waals surface area contributed by atoms with Crippen LogP contribution in [0.2, 0.25) is 0 Å². The van der Waals surface area contributed by atoms with Crippen molar-refractivity contribution < 1.29 is 23.1 Å². The first-order valence-corrected chi connectivity index (χ1v) is 9.20. The van der Waals surface area contributed by atoms with Crippen LogP contribution < -0.4 is 0 Å². The van der Waals surface area contributed by atoms with E-state index < -0.39 is 11.5 Å². The molecule has 0 aliphatic heterocycles. The van der Waals surface area contributed by atoms with Gasteiger partial charge in [-0.3, -0.25) is 0 Å². The molecule has 0 saturated carbocycles. The predicted octanol–water partition coefficient (Wildman–Crippen LogP) is 6.48. The van der Waals surface area contributed by atoms with Crippen molar-refractivity contribution in [3.8, 4) is 0 Å². The van der Waals surface area contributed by atoms with Crippen LogP contribution >= 0.6 is 27.7 Å². The van der Waals surface area contributed by atoms with E-state index >= 15 is 0 Å². The molecule has 0 saturated heterocycles. The summed E-state index contributed by atoms with van der Waals surface area (Å²) in [5.41, 5.74) is -2.55. The minimum absolute atomic E-state index is 0.0993. The fraction of sp³-hybridized carbons (Fsp3) is 0.0526. The molecule has 138 valence electrons. The van der Waals surface area contributed by atoms with Crippen LogP contribution in [0.5, 0.6) is 0 Å². The summed E-state index contributed by atoms with van der Waals surface area (Å²) in [4.78, 5) is 16.1. The number of nitrogens with zero attached hydrogens (tertiary/aromatic N) is 1. The van der Waals surface area contributed by atoms with E-state index in [1.54, 1.807) is 42.5 Å². The summed E-state index contributed by atoms with van der Waals surface area (Å²) in [6.07, 6.45) is 3.29. The zero-order valence-corrected chi connectivity index (χ0v) is 15.9. The number of carboxylic acids is 1. The number of pyridine rings is 1. The molecule has 0 bridgehead atoms. The molecule has 3 rings (SSSR count).